The predicted molar refractivity (Wildman–Crippen MR) is 313 cm³/mol. The maximum absolute atomic E-state index is 2.56. The van der Waals surface area contributed by atoms with Crippen molar-refractivity contribution in [3.05, 3.63) is 320 Å². The summed E-state index contributed by atoms with van der Waals surface area (Å²) in [4.78, 5) is 2.56. The first kappa shape index (κ1) is 43.2. The molecular formula is C73H49N. The van der Waals surface area contributed by atoms with Gasteiger partial charge < -0.3 is 4.90 Å². The van der Waals surface area contributed by atoms with E-state index < -0.39 is 5.41 Å². The molecule has 0 saturated heterocycles. The number of rotatable bonds is 9. The largest absolute Gasteiger partial charge is 0.309 e. The summed E-state index contributed by atoms with van der Waals surface area (Å²) in [6.07, 6.45) is 0. The van der Waals surface area contributed by atoms with Gasteiger partial charge in [0.15, 0.2) is 0 Å². The average Bonchev–Trinajstić information content (AvgIpc) is 3.79. The molecule has 0 atom stereocenters. The monoisotopic (exact) mass is 939 g/mol. The molecule has 1 aliphatic carbocycles. The third kappa shape index (κ3) is 7.00. The van der Waals surface area contributed by atoms with Crippen LogP contribution in [0.4, 0.5) is 17.1 Å². The van der Waals surface area contributed by atoms with Gasteiger partial charge in [0.25, 0.3) is 0 Å². The summed E-state index contributed by atoms with van der Waals surface area (Å²) in [6.45, 7) is 0. The molecular weight excluding hydrogens is 891 g/mol. The summed E-state index contributed by atoms with van der Waals surface area (Å²) in [5.74, 6) is 0. The lowest BCUT2D eigenvalue weighted by Crippen LogP contribution is -2.29. The number of fused-ring (bicyclic) bond motifs is 7. The number of nitrogens with zero attached hydrogens (tertiary/aromatic N) is 1. The van der Waals surface area contributed by atoms with Crippen molar-refractivity contribution in [1.82, 2.24) is 0 Å². The Hall–Kier alpha value is -9.56. The number of hydrogen-bond acceptors (Lipinski definition) is 1. The molecule has 0 unspecified atom stereocenters. The summed E-state index contributed by atoms with van der Waals surface area (Å²) >= 11 is 0. The van der Waals surface area contributed by atoms with Crippen LogP contribution in [0.25, 0.3) is 88.0 Å². The van der Waals surface area contributed by atoms with Crippen LogP contribution >= 0.6 is 0 Å². The Balaban J connectivity index is 1.06. The third-order valence-electron chi connectivity index (χ3n) is 15.5. The maximum Gasteiger partial charge on any atom is 0.0714 e. The highest BCUT2D eigenvalue weighted by molar-refractivity contribution is 6.24. The Morgan fingerprint density at radius 3 is 1.26 bits per heavy atom. The molecule has 13 aromatic carbocycles. The van der Waals surface area contributed by atoms with Crippen LogP contribution in [0.5, 0.6) is 0 Å². The van der Waals surface area contributed by atoms with Gasteiger partial charge in [-0.1, -0.05) is 267 Å². The maximum atomic E-state index is 2.56. The molecule has 0 saturated carbocycles. The van der Waals surface area contributed by atoms with Crippen LogP contribution in [0, 0.1) is 0 Å². The van der Waals surface area contributed by atoms with E-state index in [9.17, 15) is 0 Å². The van der Waals surface area contributed by atoms with Gasteiger partial charge in [0.2, 0.25) is 0 Å². The van der Waals surface area contributed by atoms with E-state index in [-0.39, 0.29) is 0 Å². The quantitative estimate of drug-likeness (QED) is 0.130. The Morgan fingerprint density at radius 1 is 0.243 bits per heavy atom. The predicted octanol–water partition coefficient (Wildman–Crippen LogP) is 19.6. The summed E-state index contributed by atoms with van der Waals surface area (Å²) in [5.41, 5.74) is 19.7. The molecule has 0 heterocycles. The minimum atomic E-state index is -0.640. The van der Waals surface area contributed by atoms with E-state index in [0.29, 0.717) is 0 Å². The first-order valence-electron chi connectivity index (χ1n) is 25.7. The molecule has 13 aromatic rings. The van der Waals surface area contributed by atoms with Crippen molar-refractivity contribution in [1.29, 1.82) is 0 Å². The molecule has 0 amide bonds. The van der Waals surface area contributed by atoms with E-state index in [1.54, 1.807) is 0 Å². The molecule has 0 aromatic heterocycles. The van der Waals surface area contributed by atoms with E-state index in [0.717, 1.165) is 22.6 Å². The zero-order valence-corrected chi connectivity index (χ0v) is 40.7. The van der Waals surface area contributed by atoms with Crippen LogP contribution in [0.15, 0.2) is 297 Å². The van der Waals surface area contributed by atoms with Gasteiger partial charge in [-0.05, 0) is 130 Å². The van der Waals surface area contributed by atoms with Gasteiger partial charge >= 0.3 is 0 Å². The van der Waals surface area contributed by atoms with Crippen LogP contribution in [0.1, 0.15) is 22.3 Å². The molecule has 0 N–H and O–H groups in total. The highest BCUT2D eigenvalue weighted by Crippen LogP contribution is 2.59. The van der Waals surface area contributed by atoms with E-state index in [4.69, 9.17) is 0 Å². The lowest BCUT2D eigenvalue weighted by Gasteiger charge is -2.35. The second-order valence-corrected chi connectivity index (χ2v) is 19.5. The highest BCUT2D eigenvalue weighted by Gasteiger charge is 2.47. The van der Waals surface area contributed by atoms with Gasteiger partial charge in [-0.2, -0.15) is 0 Å². The Bertz CT molecular complexity index is 4160. The molecule has 1 nitrogen and oxygen atoms in total. The van der Waals surface area contributed by atoms with Crippen molar-refractivity contribution < 1.29 is 0 Å². The van der Waals surface area contributed by atoms with Crippen LogP contribution in [-0.4, -0.2) is 0 Å². The normalized spacial score (nSPS) is 12.4. The third-order valence-corrected chi connectivity index (χ3v) is 15.5. The first-order chi connectivity index (χ1) is 36.7. The highest BCUT2D eigenvalue weighted by atomic mass is 15.1. The lowest BCUT2D eigenvalue weighted by atomic mass is 9.67. The molecule has 0 aliphatic heterocycles. The number of benzene rings is 13. The zero-order valence-electron chi connectivity index (χ0n) is 40.7. The van der Waals surface area contributed by atoms with Crippen molar-refractivity contribution in [2.75, 3.05) is 4.90 Å². The second kappa shape index (κ2) is 17.9. The molecule has 1 heteroatoms. The molecule has 0 fully saturated rings. The summed E-state index contributed by atoms with van der Waals surface area (Å²) < 4.78 is 0. The lowest BCUT2D eigenvalue weighted by molar-refractivity contribution is 0.768. The van der Waals surface area contributed by atoms with Crippen molar-refractivity contribution in [2.24, 2.45) is 0 Å². The van der Waals surface area contributed by atoms with Crippen LogP contribution in [0.2, 0.25) is 0 Å². The molecule has 74 heavy (non-hydrogen) atoms. The fourth-order valence-corrected chi connectivity index (χ4v) is 12.2. The standard InChI is InChI=1S/C73H49N/c1-5-20-50(21-6-1)52-36-38-53(39-37-52)54-40-43-59(44-41-54)74(72-68-34-18-16-32-63(68)62-31-15-17-33-67(62)71(72)66-35-19-25-55-24-13-14-30-61(55)66)60-45-47-65-64-46-42-56(51-22-7-2-8-23-51)48-69(64)73(70(65)49-60,57-26-9-3-10-27-57)58-28-11-4-12-29-58/h1-49H. The summed E-state index contributed by atoms with van der Waals surface area (Å²) in [6, 6.07) is 110. The Kier molecular flexibility index (Phi) is 10.5. The number of anilines is 3. The van der Waals surface area contributed by atoms with Crippen molar-refractivity contribution in [3.8, 4) is 55.6 Å². The summed E-state index contributed by atoms with van der Waals surface area (Å²) in [5, 5.41) is 7.27. The van der Waals surface area contributed by atoms with Crippen LogP contribution in [0.3, 0.4) is 0 Å². The van der Waals surface area contributed by atoms with Gasteiger partial charge in [-0.15, -0.1) is 0 Å². The van der Waals surface area contributed by atoms with Crippen LogP contribution in [-0.2, 0) is 5.41 Å². The van der Waals surface area contributed by atoms with Crippen molar-refractivity contribution in [3.63, 3.8) is 0 Å². The molecule has 1 aliphatic rings. The minimum absolute atomic E-state index is 0.640. The number of hydrogen-bond donors (Lipinski definition) is 0. The van der Waals surface area contributed by atoms with E-state index >= 15 is 0 Å². The Labute approximate surface area is 432 Å². The molecule has 0 bridgehead atoms. The van der Waals surface area contributed by atoms with Gasteiger partial charge in [0.05, 0.1) is 11.1 Å². The fraction of sp³-hybridized carbons (Fsp3) is 0.0137. The fourth-order valence-electron chi connectivity index (χ4n) is 12.2. The van der Waals surface area contributed by atoms with Gasteiger partial charge in [-0.25, -0.2) is 0 Å². The molecule has 346 valence electrons. The van der Waals surface area contributed by atoms with Crippen molar-refractivity contribution >= 4 is 49.4 Å². The van der Waals surface area contributed by atoms with E-state index in [2.05, 4.69) is 302 Å². The van der Waals surface area contributed by atoms with Crippen molar-refractivity contribution in [2.45, 2.75) is 5.41 Å². The average molecular weight is 940 g/mol. The molecule has 0 radical (unpaired) electrons. The topological polar surface area (TPSA) is 3.24 Å². The van der Waals surface area contributed by atoms with E-state index in [1.165, 1.54) is 105 Å². The molecule has 0 spiro atoms. The zero-order chi connectivity index (χ0) is 49.0. The van der Waals surface area contributed by atoms with E-state index in [1.807, 2.05) is 0 Å². The SMILES string of the molecule is c1ccc(-c2ccc(-c3ccc(N(c4ccc5c(c4)C(c4ccccc4)(c4ccccc4)c4cc(-c6ccccc6)ccc4-5)c4c(-c5cccc6ccccc56)c5ccccc5c5ccccc45)cc3)cc2)cc1. The first-order valence-corrected chi connectivity index (χ1v) is 25.7. The Morgan fingerprint density at radius 2 is 0.649 bits per heavy atom. The van der Waals surface area contributed by atoms with Gasteiger partial charge in [0, 0.05) is 22.3 Å². The second-order valence-electron chi connectivity index (χ2n) is 19.5. The summed E-state index contributed by atoms with van der Waals surface area (Å²) in [7, 11) is 0. The smallest absolute Gasteiger partial charge is 0.0714 e. The molecule has 14 rings (SSSR count). The minimum Gasteiger partial charge on any atom is -0.309 e. The van der Waals surface area contributed by atoms with Crippen LogP contribution < -0.4 is 4.90 Å². The van der Waals surface area contributed by atoms with Gasteiger partial charge in [0.1, 0.15) is 0 Å². The van der Waals surface area contributed by atoms with Gasteiger partial charge in [-0.3, -0.25) is 0 Å².